The minimum Gasteiger partial charge on any atom is -0.392 e. The molecule has 3 aromatic rings. The Morgan fingerprint density at radius 1 is 1.10 bits per heavy atom. The van der Waals surface area contributed by atoms with E-state index in [1.807, 2.05) is 17.0 Å². The maximum Gasteiger partial charge on any atom is 0.416 e. The summed E-state index contributed by atoms with van der Waals surface area (Å²) in [5, 5.41) is 14.7. The number of hydrogen-bond donors (Lipinski definition) is 1. The van der Waals surface area contributed by atoms with E-state index in [1.54, 1.807) is 12.1 Å². The van der Waals surface area contributed by atoms with Crippen LogP contribution in [0.25, 0.3) is 11.4 Å². The van der Waals surface area contributed by atoms with Gasteiger partial charge in [-0.1, -0.05) is 41.0 Å². The molecule has 5 nitrogen and oxygen atoms in total. The van der Waals surface area contributed by atoms with Crippen molar-refractivity contribution in [3.63, 3.8) is 0 Å². The third-order valence-electron chi connectivity index (χ3n) is 4.88. The fourth-order valence-electron chi connectivity index (χ4n) is 3.43. The van der Waals surface area contributed by atoms with Gasteiger partial charge in [0, 0.05) is 23.7 Å². The molecule has 2 heterocycles. The van der Waals surface area contributed by atoms with Crippen LogP contribution in [0.5, 0.6) is 0 Å². The average Bonchev–Trinajstić information content (AvgIpc) is 3.30. The van der Waals surface area contributed by atoms with E-state index in [1.165, 1.54) is 12.1 Å². The van der Waals surface area contributed by atoms with Gasteiger partial charge in [-0.05, 0) is 36.2 Å². The molecule has 0 radical (unpaired) electrons. The van der Waals surface area contributed by atoms with E-state index in [0.717, 1.165) is 17.7 Å². The molecule has 0 saturated carbocycles. The molecule has 2 aromatic carbocycles. The van der Waals surface area contributed by atoms with Crippen molar-refractivity contribution in [1.29, 1.82) is 0 Å². The Balaban J connectivity index is 1.53. The molecule has 152 valence electrons. The second-order valence-electron chi connectivity index (χ2n) is 6.99. The van der Waals surface area contributed by atoms with E-state index in [2.05, 4.69) is 10.1 Å². The molecule has 4 rings (SSSR count). The van der Waals surface area contributed by atoms with Gasteiger partial charge in [0.05, 0.1) is 17.7 Å². The highest BCUT2D eigenvalue weighted by Gasteiger charge is 2.36. The minimum absolute atomic E-state index is 0.210. The summed E-state index contributed by atoms with van der Waals surface area (Å²) in [5.41, 5.74) is 0.713. The van der Waals surface area contributed by atoms with Gasteiger partial charge in [-0.15, -0.1) is 0 Å². The van der Waals surface area contributed by atoms with Crippen molar-refractivity contribution in [3.8, 4) is 11.4 Å². The summed E-state index contributed by atoms with van der Waals surface area (Å²) in [5.74, 6) is 0.534. The smallest absolute Gasteiger partial charge is 0.392 e. The fraction of sp³-hybridized carbons (Fsp3) is 0.300. The zero-order chi connectivity index (χ0) is 20.6. The molecule has 0 bridgehead atoms. The standard InChI is InChI=1S/C20H17ClF3N3O2/c21-15-7-1-12(2-8-15)10-27-11-16(28)9-17(27)19-25-18(26-29-19)13-3-5-14(6-4-13)20(22,23)24/h1-8,16-17,28H,9-11H2. The lowest BCUT2D eigenvalue weighted by atomic mass is 10.1. The number of hydrogen-bond acceptors (Lipinski definition) is 5. The number of nitrogens with zero attached hydrogens (tertiary/aromatic N) is 3. The molecule has 0 spiro atoms. The number of β-amino-alcohol motifs (C(OH)–C–C–N with tert-alkyl or cyclic N) is 1. The van der Waals surface area contributed by atoms with E-state index in [9.17, 15) is 18.3 Å². The lowest BCUT2D eigenvalue weighted by Crippen LogP contribution is -2.24. The van der Waals surface area contributed by atoms with Gasteiger partial charge in [-0.25, -0.2) is 0 Å². The van der Waals surface area contributed by atoms with Crippen molar-refractivity contribution >= 4 is 11.6 Å². The van der Waals surface area contributed by atoms with Gasteiger partial charge in [0.1, 0.15) is 0 Å². The molecule has 0 amide bonds. The average molecular weight is 424 g/mol. The zero-order valence-corrected chi connectivity index (χ0v) is 15.9. The van der Waals surface area contributed by atoms with Crippen LogP contribution in [0.2, 0.25) is 5.02 Å². The van der Waals surface area contributed by atoms with Crippen molar-refractivity contribution in [1.82, 2.24) is 15.0 Å². The summed E-state index contributed by atoms with van der Waals surface area (Å²) < 4.78 is 43.6. The predicted molar refractivity (Wildman–Crippen MR) is 100.0 cm³/mol. The molecule has 1 N–H and O–H groups in total. The van der Waals surface area contributed by atoms with E-state index in [0.29, 0.717) is 36.0 Å². The Kier molecular flexibility index (Phi) is 5.33. The van der Waals surface area contributed by atoms with E-state index < -0.39 is 17.8 Å². The van der Waals surface area contributed by atoms with E-state index >= 15 is 0 Å². The Bertz CT molecular complexity index is 974. The Morgan fingerprint density at radius 3 is 2.45 bits per heavy atom. The normalized spacial score (nSPS) is 20.3. The highest BCUT2D eigenvalue weighted by atomic mass is 35.5. The predicted octanol–water partition coefficient (Wildman–Crippen LogP) is 4.72. The molecular weight excluding hydrogens is 407 g/mol. The van der Waals surface area contributed by atoms with Gasteiger partial charge in [0.25, 0.3) is 0 Å². The topological polar surface area (TPSA) is 62.4 Å². The second-order valence-corrected chi connectivity index (χ2v) is 7.43. The van der Waals surface area contributed by atoms with Crippen LogP contribution in [0.1, 0.15) is 29.5 Å². The van der Waals surface area contributed by atoms with Crippen LogP contribution in [0, 0.1) is 0 Å². The van der Waals surface area contributed by atoms with Crippen LogP contribution in [0.15, 0.2) is 53.1 Å². The number of aliphatic hydroxyl groups excluding tert-OH is 1. The van der Waals surface area contributed by atoms with E-state index in [-0.39, 0.29) is 11.9 Å². The first kappa shape index (κ1) is 19.9. The molecule has 1 aliphatic heterocycles. The molecule has 2 unspecified atom stereocenters. The molecule has 1 aromatic heterocycles. The van der Waals surface area contributed by atoms with Gasteiger partial charge >= 0.3 is 6.18 Å². The van der Waals surface area contributed by atoms with Crippen molar-refractivity contribution in [3.05, 3.63) is 70.6 Å². The number of aliphatic hydroxyl groups is 1. The van der Waals surface area contributed by atoms with Gasteiger partial charge in [0.2, 0.25) is 11.7 Å². The molecule has 1 fully saturated rings. The largest absolute Gasteiger partial charge is 0.416 e. The van der Waals surface area contributed by atoms with Crippen LogP contribution in [-0.2, 0) is 12.7 Å². The highest BCUT2D eigenvalue weighted by Crippen LogP contribution is 2.34. The summed E-state index contributed by atoms with van der Waals surface area (Å²) in [4.78, 5) is 6.39. The lowest BCUT2D eigenvalue weighted by molar-refractivity contribution is -0.137. The summed E-state index contributed by atoms with van der Waals surface area (Å²) in [6, 6.07) is 11.7. The van der Waals surface area contributed by atoms with Gasteiger partial charge in [-0.2, -0.15) is 18.2 Å². The Labute approximate surface area is 169 Å². The first-order valence-corrected chi connectivity index (χ1v) is 9.35. The van der Waals surface area contributed by atoms with Crippen LogP contribution >= 0.6 is 11.6 Å². The molecular formula is C20H17ClF3N3O2. The molecule has 2 atom stereocenters. The number of alkyl halides is 3. The van der Waals surface area contributed by atoms with E-state index in [4.69, 9.17) is 16.1 Å². The van der Waals surface area contributed by atoms with Crippen LogP contribution < -0.4 is 0 Å². The molecule has 1 saturated heterocycles. The number of rotatable bonds is 4. The summed E-state index contributed by atoms with van der Waals surface area (Å²) >= 11 is 5.92. The zero-order valence-electron chi connectivity index (χ0n) is 15.1. The second kappa shape index (κ2) is 7.78. The summed E-state index contributed by atoms with van der Waals surface area (Å²) in [7, 11) is 0. The SMILES string of the molecule is OC1CC(c2nc(-c3ccc(C(F)(F)F)cc3)no2)N(Cc2ccc(Cl)cc2)C1. The highest BCUT2D eigenvalue weighted by molar-refractivity contribution is 6.30. The number of benzene rings is 2. The van der Waals surface area contributed by atoms with Gasteiger partial charge < -0.3 is 9.63 Å². The number of likely N-dealkylation sites (tertiary alicyclic amines) is 1. The third kappa shape index (κ3) is 4.44. The Hall–Kier alpha value is -2.42. The molecule has 1 aliphatic rings. The van der Waals surface area contributed by atoms with Crippen LogP contribution in [-0.4, -0.2) is 32.8 Å². The fourth-order valence-corrected chi connectivity index (χ4v) is 3.56. The van der Waals surface area contributed by atoms with Crippen LogP contribution in [0.3, 0.4) is 0 Å². The maximum absolute atomic E-state index is 12.7. The first-order chi connectivity index (χ1) is 13.8. The van der Waals surface area contributed by atoms with Gasteiger partial charge in [0.15, 0.2) is 0 Å². The first-order valence-electron chi connectivity index (χ1n) is 8.97. The third-order valence-corrected chi connectivity index (χ3v) is 5.13. The molecule has 29 heavy (non-hydrogen) atoms. The minimum atomic E-state index is -4.40. The number of aromatic nitrogens is 2. The van der Waals surface area contributed by atoms with Crippen molar-refractivity contribution < 1.29 is 22.8 Å². The van der Waals surface area contributed by atoms with Crippen molar-refractivity contribution in [2.45, 2.75) is 31.3 Å². The monoisotopic (exact) mass is 423 g/mol. The lowest BCUT2D eigenvalue weighted by Gasteiger charge is -2.21. The van der Waals surface area contributed by atoms with Gasteiger partial charge in [-0.3, -0.25) is 4.90 Å². The van der Waals surface area contributed by atoms with Crippen LogP contribution in [0.4, 0.5) is 13.2 Å². The summed E-state index contributed by atoms with van der Waals surface area (Å²) in [6.07, 6.45) is -4.50. The van der Waals surface area contributed by atoms with Crippen molar-refractivity contribution in [2.24, 2.45) is 0 Å². The Morgan fingerprint density at radius 2 is 1.79 bits per heavy atom. The quantitative estimate of drug-likeness (QED) is 0.658. The summed E-state index contributed by atoms with van der Waals surface area (Å²) in [6.45, 7) is 1.02. The maximum atomic E-state index is 12.7. The number of halogens is 4. The molecule has 9 heteroatoms. The molecule has 0 aliphatic carbocycles. The van der Waals surface area contributed by atoms with Crippen molar-refractivity contribution in [2.75, 3.05) is 6.54 Å².